The predicted octanol–water partition coefficient (Wildman–Crippen LogP) is 6.42. The van der Waals surface area contributed by atoms with Crippen LogP contribution in [0.2, 0.25) is 0 Å². The fourth-order valence-electron chi connectivity index (χ4n) is 8.54. The minimum Gasteiger partial charge on any atom is -0.497 e. The number of carbonyl (C=O) groups excluding carboxylic acids is 3. The van der Waals surface area contributed by atoms with Crippen LogP contribution in [0.1, 0.15) is 90.5 Å². The lowest BCUT2D eigenvalue weighted by molar-refractivity contribution is -0.141. The van der Waals surface area contributed by atoms with Crippen LogP contribution >= 0.6 is 0 Å². The van der Waals surface area contributed by atoms with Crippen molar-refractivity contribution in [2.45, 2.75) is 67.0 Å². The SMILES string of the molecule is CCC1=C(C)C2=NC1=Cc1c(C)c(C(=O)OC)c3n1Cn1c(c(C)c(/C=C/c4ccc(OC)cc4)c1=C2)=CC1=NC(=C3CC(=O)OC)[C@@H](CCC(=O)OC)[C@@H]1C. The number of benzene rings is 1. The molecule has 2 aromatic heterocycles. The molecule has 11 nitrogen and oxygen atoms in total. The monoisotopic (exact) mass is 756 g/mol. The molecular weight excluding hydrogens is 709 g/mol. The fourth-order valence-corrected chi connectivity index (χ4v) is 8.54. The van der Waals surface area contributed by atoms with E-state index in [2.05, 4.69) is 67.2 Å². The van der Waals surface area contributed by atoms with Crippen molar-refractivity contribution in [2.75, 3.05) is 28.4 Å². The van der Waals surface area contributed by atoms with Crippen LogP contribution in [-0.2, 0) is 30.5 Å². The summed E-state index contributed by atoms with van der Waals surface area (Å²) in [5, 5.41) is 1.88. The number of nitrogens with zero attached hydrogens (tertiary/aromatic N) is 4. The molecule has 56 heavy (non-hydrogen) atoms. The zero-order chi connectivity index (χ0) is 40.0. The summed E-state index contributed by atoms with van der Waals surface area (Å²) in [5.41, 5.74) is 11.3. The van der Waals surface area contributed by atoms with Gasteiger partial charge in [0.05, 0.1) is 68.6 Å². The van der Waals surface area contributed by atoms with E-state index in [0.717, 1.165) is 73.5 Å². The third-order valence-corrected chi connectivity index (χ3v) is 11.7. The van der Waals surface area contributed by atoms with Crippen LogP contribution in [0.15, 0.2) is 56.8 Å². The average molecular weight is 757 g/mol. The zero-order valence-electron chi connectivity index (χ0n) is 33.5. The molecule has 0 amide bonds. The molecule has 1 aromatic carbocycles. The van der Waals surface area contributed by atoms with Gasteiger partial charge >= 0.3 is 17.9 Å². The Kier molecular flexibility index (Phi) is 10.5. The Bertz CT molecular complexity index is 2500. The van der Waals surface area contributed by atoms with E-state index < -0.39 is 11.9 Å². The standard InChI is InChI=1S/C45H48N4O7/c1-10-30-24(2)34-21-39-31(16-13-28-11-14-29(53-6)15-12-28)26(4)37-20-35-25(3)32(17-18-40(50)54-7)43(47-35)33(19-41(51)55-8)44-42(45(52)56-9)27(5)38(22-36(30)46-34)49(44)23-48(37)39/h11-16,20-22,25,32H,10,17-19,23H2,1-9H3/b16-13+,34-21?,35-20?,36-22?,37-20?,38-22?,39-21?,43-33?,44-33?/t25-,32-/m0/s1. The van der Waals surface area contributed by atoms with E-state index in [1.165, 1.54) is 21.3 Å². The molecule has 4 aliphatic rings. The largest absolute Gasteiger partial charge is 0.497 e. The number of ether oxygens (including phenoxy) is 4. The van der Waals surface area contributed by atoms with Gasteiger partial charge in [-0.1, -0.05) is 38.1 Å². The third-order valence-electron chi connectivity index (χ3n) is 11.7. The second kappa shape index (κ2) is 15.3. The molecule has 4 aliphatic heterocycles. The van der Waals surface area contributed by atoms with Gasteiger partial charge in [0.1, 0.15) is 12.4 Å². The number of rotatable bonds is 10. The molecule has 6 heterocycles. The summed E-state index contributed by atoms with van der Waals surface area (Å²) in [6.07, 6.45) is 11.8. The first-order valence-electron chi connectivity index (χ1n) is 19.0. The van der Waals surface area contributed by atoms with Crippen molar-refractivity contribution >= 4 is 65.3 Å². The van der Waals surface area contributed by atoms with E-state index in [1.54, 1.807) is 7.11 Å². The van der Waals surface area contributed by atoms with Crippen LogP contribution in [0.25, 0.3) is 36.0 Å². The first-order valence-corrected chi connectivity index (χ1v) is 19.0. The van der Waals surface area contributed by atoms with E-state index in [9.17, 15) is 14.4 Å². The summed E-state index contributed by atoms with van der Waals surface area (Å²) in [6.45, 7) is 10.7. The minimum atomic E-state index is -0.532. The lowest BCUT2D eigenvalue weighted by Gasteiger charge is -2.22. The molecule has 0 spiro atoms. The molecule has 0 radical (unpaired) electrons. The number of esters is 3. The minimum absolute atomic E-state index is 0.144. The van der Waals surface area contributed by atoms with Crippen molar-refractivity contribution in [2.24, 2.45) is 21.8 Å². The summed E-state index contributed by atoms with van der Waals surface area (Å²) in [4.78, 5) is 50.6. The molecule has 6 bridgehead atoms. The molecule has 0 saturated heterocycles. The number of carbonyl (C=O) groups is 3. The number of allylic oxidation sites excluding steroid dienone is 3. The van der Waals surface area contributed by atoms with Gasteiger partial charge < -0.3 is 28.1 Å². The maximum absolute atomic E-state index is 14.1. The molecule has 0 aliphatic carbocycles. The summed E-state index contributed by atoms with van der Waals surface area (Å²) < 4.78 is 25.6. The number of methoxy groups -OCH3 is 4. The molecule has 7 rings (SSSR count). The van der Waals surface area contributed by atoms with Crippen LogP contribution in [0.5, 0.6) is 5.75 Å². The van der Waals surface area contributed by atoms with E-state index >= 15 is 0 Å². The highest BCUT2D eigenvalue weighted by Crippen LogP contribution is 2.44. The van der Waals surface area contributed by atoms with Crippen LogP contribution in [0.4, 0.5) is 0 Å². The number of aliphatic imine (C=N–C) groups is 2. The Morgan fingerprint density at radius 2 is 1.57 bits per heavy atom. The highest BCUT2D eigenvalue weighted by molar-refractivity contribution is 6.23. The highest BCUT2D eigenvalue weighted by Gasteiger charge is 2.39. The van der Waals surface area contributed by atoms with Gasteiger partial charge in [-0.05, 0) is 91.8 Å². The summed E-state index contributed by atoms with van der Waals surface area (Å²) in [6, 6.07) is 7.92. The molecule has 0 unspecified atom stereocenters. The first kappa shape index (κ1) is 38.3. The topological polar surface area (TPSA) is 123 Å². The zero-order valence-corrected chi connectivity index (χ0v) is 33.5. The molecule has 0 N–H and O–H groups in total. The van der Waals surface area contributed by atoms with E-state index in [4.69, 9.17) is 28.9 Å². The number of hydrogen-bond acceptors (Lipinski definition) is 9. The van der Waals surface area contributed by atoms with Crippen LogP contribution < -0.4 is 15.4 Å². The Hall–Kier alpha value is -5.97. The van der Waals surface area contributed by atoms with Crippen molar-refractivity contribution in [3.05, 3.63) is 96.7 Å². The number of hydrogen-bond donors (Lipinski definition) is 0. The third kappa shape index (κ3) is 6.48. The quantitative estimate of drug-likeness (QED) is 0.173. The van der Waals surface area contributed by atoms with Gasteiger partial charge in [0.15, 0.2) is 0 Å². The van der Waals surface area contributed by atoms with Crippen molar-refractivity contribution in [3.63, 3.8) is 0 Å². The molecule has 0 saturated carbocycles. The summed E-state index contributed by atoms with van der Waals surface area (Å²) in [5.74, 6) is -0.978. The van der Waals surface area contributed by atoms with Crippen LogP contribution in [0, 0.1) is 25.7 Å². The Morgan fingerprint density at radius 3 is 2.23 bits per heavy atom. The Morgan fingerprint density at radius 1 is 0.839 bits per heavy atom. The Labute approximate surface area is 326 Å². The van der Waals surface area contributed by atoms with E-state index in [0.29, 0.717) is 41.2 Å². The maximum Gasteiger partial charge on any atom is 0.340 e. The van der Waals surface area contributed by atoms with Crippen molar-refractivity contribution in [1.29, 1.82) is 0 Å². The lowest BCUT2D eigenvalue weighted by atomic mass is 9.84. The van der Waals surface area contributed by atoms with Crippen molar-refractivity contribution < 1.29 is 33.3 Å². The normalized spacial score (nSPS) is 18.2. The molecule has 11 heteroatoms. The fraction of sp³-hybridized carbons (Fsp3) is 0.356. The van der Waals surface area contributed by atoms with Gasteiger partial charge in [-0.2, -0.15) is 0 Å². The van der Waals surface area contributed by atoms with Crippen molar-refractivity contribution in [3.8, 4) is 5.75 Å². The molecule has 0 fully saturated rings. The second-order valence-corrected chi connectivity index (χ2v) is 14.6. The summed E-state index contributed by atoms with van der Waals surface area (Å²) in [7, 11) is 5.75. The maximum atomic E-state index is 14.1. The molecule has 290 valence electrons. The number of aromatic nitrogens is 2. The van der Waals surface area contributed by atoms with Gasteiger partial charge in [0.2, 0.25) is 0 Å². The van der Waals surface area contributed by atoms with E-state index in [1.807, 2.05) is 31.2 Å². The molecular formula is C45H48N4O7. The highest BCUT2D eigenvalue weighted by atomic mass is 16.5. The number of fused-ring (bicyclic) bond motifs is 2. The first-order chi connectivity index (χ1) is 26.9. The predicted molar refractivity (Wildman–Crippen MR) is 218 cm³/mol. The second-order valence-electron chi connectivity index (χ2n) is 14.6. The van der Waals surface area contributed by atoms with Gasteiger partial charge in [0, 0.05) is 46.1 Å². The van der Waals surface area contributed by atoms with Crippen LogP contribution in [0.3, 0.4) is 0 Å². The van der Waals surface area contributed by atoms with Gasteiger partial charge in [0.25, 0.3) is 0 Å². The lowest BCUT2D eigenvalue weighted by Crippen LogP contribution is -2.33. The summed E-state index contributed by atoms with van der Waals surface area (Å²) >= 11 is 0. The Balaban J connectivity index is 1.64. The van der Waals surface area contributed by atoms with Gasteiger partial charge in [-0.25, -0.2) is 9.79 Å². The van der Waals surface area contributed by atoms with Crippen molar-refractivity contribution in [1.82, 2.24) is 9.13 Å². The van der Waals surface area contributed by atoms with Crippen LogP contribution in [-0.4, -0.2) is 66.9 Å². The molecule has 3 aromatic rings. The average Bonchev–Trinajstić information content (AvgIpc) is 3.85. The molecule has 2 atom stereocenters. The van der Waals surface area contributed by atoms with E-state index in [-0.39, 0.29) is 30.6 Å². The smallest absolute Gasteiger partial charge is 0.340 e. The van der Waals surface area contributed by atoms with Gasteiger partial charge in [-0.15, -0.1) is 0 Å². The van der Waals surface area contributed by atoms with Gasteiger partial charge in [-0.3, -0.25) is 14.6 Å².